The van der Waals surface area contributed by atoms with E-state index in [9.17, 15) is 0 Å². The highest BCUT2D eigenvalue weighted by Gasteiger charge is 2.05. The van der Waals surface area contributed by atoms with Crippen LogP contribution in [0, 0.1) is 18.3 Å². The monoisotopic (exact) mass is 219 g/mol. The number of nitriles is 1. The molecular formula is C12H17N3O. The zero-order chi connectivity index (χ0) is 12.0. The van der Waals surface area contributed by atoms with Gasteiger partial charge in [0.15, 0.2) is 0 Å². The molecule has 1 aromatic heterocycles. The summed E-state index contributed by atoms with van der Waals surface area (Å²) in [7, 11) is 0. The van der Waals surface area contributed by atoms with Crippen molar-refractivity contribution in [2.24, 2.45) is 0 Å². The minimum atomic E-state index is 0.225. The molecule has 4 heteroatoms. The van der Waals surface area contributed by atoms with Crippen molar-refractivity contribution in [3.63, 3.8) is 0 Å². The molecule has 1 N–H and O–H groups in total. The molecule has 0 atom stereocenters. The van der Waals surface area contributed by atoms with Gasteiger partial charge in [0.25, 0.3) is 0 Å². The van der Waals surface area contributed by atoms with Crippen LogP contribution in [-0.2, 0) is 4.74 Å². The molecule has 0 aliphatic rings. The van der Waals surface area contributed by atoms with E-state index in [2.05, 4.69) is 16.4 Å². The highest BCUT2D eigenvalue weighted by molar-refractivity contribution is 5.55. The molecule has 0 amide bonds. The van der Waals surface area contributed by atoms with Gasteiger partial charge in [-0.15, -0.1) is 0 Å². The molecule has 1 aromatic rings. The molecule has 0 bridgehead atoms. The van der Waals surface area contributed by atoms with E-state index in [1.54, 1.807) is 6.20 Å². The first kappa shape index (κ1) is 12.5. The van der Waals surface area contributed by atoms with E-state index in [-0.39, 0.29) is 6.10 Å². The van der Waals surface area contributed by atoms with Gasteiger partial charge in [-0.05, 0) is 32.4 Å². The Kier molecular flexibility index (Phi) is 4.74. The predicted molar refractivity (Wildman–Crippen MR) is 63.3 cm³/mol. The molecule has 0 aliphatic heterocycles. The van der Waals surface area contributed by atoms with Crippen molar-refractivity contribution in [3.8, 4) is 6.07 Å². The lowest BCUT2D eigenvalue weighted by atomic mass is 10.1. The maximum atomic E-state index is 8.98. The van der Waals surface area contributed by atoms with Crippen molar-refractivity contribution in [2.75, 3.05) is 18.5 Å². The van der Waals surface area contributed by atoms with Crippen LogP contribution in [-0.4, -0.2) is 24.2 Å². The summed E-state index contributed by atoms with van der Waals surface area (Å²) in [5.41, 5.74) is 1.54. The molecule has 0 saturated carbocycles. The Morgan fingerprint density at radius 1 is 1.56 bits per heavy atom. The highest BCUT2D eigenvalue weighted by atomic mass is 16.5. The number of anilines is 1. The average molecular weight is 219 g/mol. The van der Waals surface area contributed by atoms with E-state index in [0.717, 1.165) is 5.56 Å². The molecule has 0 fully saturated rings. The first-order valence-corrected chi connectivity index (χ1v) is 5.36. The van der Waals surface area contributed by atoms with E-state index >= 15 is 0 Å². The average Bonchev–Trinajstić information content (AvgIpc) is 2.24. The van der Waals surface area contributed by atoms with Crippen molar-refractivity contribution in [1.29, 1.82) is 5.26 Å². The number of aryl methyl sites for hydroxylation is 1. The van der Waals surface area contributed by atoms with Crippen LogP contribution in [0.1, 0.15) is 25.0 Å². The Balaban J connectivity index is 2.54. The lowest BCUT2D eigenvalue weighted by Gasteiger charge is -2.10. The second-order valence-corrected chi connectivity index (χ2v) is 3.81. The van der Waals surface area contributed by atoms with Crippen LogP contribution < -0.4 is 5.32 Å². The molecule has 0 saturated heterocycles. The second kappa shape index (κ2) is 6.09. The maximum Gasteiger partial charge on any atom is 0.144 e. The second-order valence-electron chi connectivity index (χ2n) is 3.81. The zero-order valence-corrected chi connectivity index (χ0v) is 9.95. The molecule has 0 aromatic carbocycles. The zero-order valence-electron chi connectivity index (χ0n) is 9.95. The standard InChI is InChI=1S/C12H17N3O/c1-9(2)16-7-6-15-12-11(8-13)10(3)4-5-14-12/h4-5,9H,6-7H2,1-3H3,(H,14,15). The SMILES string of the molecule is Cc1ccnc(NCCOC(C)C)c1C#N. The number of nitrogens with one attached hydrogen (secondary N) is 1. The fourth-order valence-electron chi connectivity index (χ4n) is 1.30. The van der Waals surface area contributed by atoms with Crippen LogP contribution in [0.5, 0.6) is 0 Å². The molecule has 0 unspecified atom stereocenters. The molecule has 0 aliphatic carbocycles. The summed E-state index contributed by atoms with van der Waals surface area (Å²) in [5, 5.41) is 12.1. The number of pyridine rings is 1. The van der Waals surface area contributed by atoms with Gasteiger partial charge >= 0.3 is 0 Å². The Hall–Kier alpha value is -1.60. The van der Waals surface area contributed by atoms with Crippen LogP contribution in [0.3, 0.4) is 0 Å². The molecule has 0 radical (unpaired) electrons. The fourth-order valence-corrected chi connectivity index (χ4v) is 1.30. The topological polar surface area (TPSA) is 57.9 Å². The highest BCUT2D eigenvalue weighted by Crippen LogP contribution is 2.14. The predicted octanol–water partition coefficient (Wildman–Crippen LogP) is 2.10. The third-order valence-electron chi connectivity index (χ3n) is 2.12. The van der Waals surface area contributed by atoms with Gasteiger partial charge in [0.05, 0.1) is 18.3 Å². The van der Waals surface area contributed by atoms with Gasteiger partial charge in [-0.3, -0.25) is 0 Å². The van der Waals surface area contributed by atoms with Gasteiger partial charge in [0.2, 0.25) is 0 Å². The summed E-state index contributed by atoms with van der Waals surface area (Å²) in [5.74, 6) is 0.634. The van der Waals surface area contributed by atoms with E-state index in [4.69, 9.17) is 10.00 Å². The summed E-state index contributed by atoms with van der Waals surface area (Å²) >= 11 is 0. The van der Waals surface area contributed by atoms with E-state index in [1.165, 1.54) is 0 Å². The van der Waals surface area contributed by atoms with E-state index in [0.29, 0.717) is 24.5 Å². The summed E-state index contributed by atoms with van der Waals surface area (Å²) in [6, 6.07) is 3.98. The van der Waals surface area contributed by atoms with Crippen molar-refractivity contribution in [2.45, 2.75) is 26.9 Å². The van der Waals surface area contributed by atoms with Crippen LogP contribution in [0.4, 0.5) is 5.82 Å². The Morgan fingerprint density at radius 3 is 2.94 bits per heavy atom. The molecule has 1 rings (SSSR count). The summed E-state index contributed by atoms with van der Waals surface area (Å²) < 4.78 is 5.39. The Labute approximate surface area is 96.3 Å². The number of ether oxygens (including phenoxy) is 1. The van der Waals surface area contributed by atoms with E-state index < -0.39 is 0 Å². The van der Waals surface area contributed by atoms with Gasteiger partial charge in [0.1, 0.15) is 11.9 Å². The number of aromatic nitrogens is 1. The molecule has 86 valence electrons. The van der Waals surface area contributed by atoms with Crippen molar-refractivity contribution >= 4 is 5.82 Å². The van der Waals surface area contributed by atoms with Crippen LogP contribution >= 0.6 is 0 Å². The molecular weight excluding hydrogens is 202 g/mol. The molecule has 16 heavy (non-hydrogen) atoms. The van der Waals surface area contributed by atoms with Crippen LogP contribution in [0.15, 0.2) is 12.3 Å². The van der Waals surface area contributed by atoms with Gasteiger partial charge < -0.3 is 10.1 Å². The normalized spacial score (nSPS) is 10.2. The molecule has 4 nitrogen and oxygen atoms in total. The Morgan fingerprint density at radius 2 is 2.31 bits per heavy atom. The number of hydrogen-bond acceptors (Lipinski definition) is 4. The van der Waals surface area contributed by atoms with Gasteiger partial charge in [-0.25, -0.2) is 4.98 Å². The fraction of sp³-hybridized carbons (Fsp3) is 0.500. The Bertz CT molecular complexity index is 382. The largest absolute Gasteiger partial charge is 0.377 e. The quantitative estimate of drug-likeness (QED) is 0.770. The van der Waals surface area contributed by atoms with Crippen molar-refractivity contribution in [1.82, 2.24) is 4.98 Å². The number of hydrogen-bond donors (Lipinski definition) is 1. The lowest BCUT2D eigenvalue weighted by Crippen LogP contribution is -2.14. The summed E-state index contributed by atoms with van der Waals surface area (Å²) in [6.07, 6.45) is 1.92. The van der Waals surface area contributed by atoms with Crippen molar-refractivity contribution in [3.05, 3.63) is 23.4 Å². The minimum Gasteiger partial charge on any atom is -0.377 e. The van der Waals surface area contributed by atoms with Crippen LogP contribution in [0.25, 0.3) is 0 Å². The summed E-state index contributed by atoms with van der Waals surface area (Å²) in [6.45, 7) is 7.15. The molecule has 0 spiro atoms. The smallest absolute Gasteiger partial charge is 0.144 e. The van der Waals surface area contributed by atoms with E-state index in [1.807, 2.05) is 26.8 Å². The number of nitrogens with zero attached hydrogens (tertiary/aromatic N) is 2. The molecule has 1 heterocycles. The minimum absolute atomic E-state index is 0.225. The lowest BCUT2D eigenvalue weighted by molar-refractivity contribution is 0.0870. The first-order chi connectivity index (χ1) is 7.65. The first-order valence-electron chi connectivity index (χ1n) is 5.36. The maximum absolute atomic E-state index is 8.98. The van der Waals surface area contributed by atoms with Crippen molar-refractivity contribution < 1.29 is 4.74 Å². The van der Waals surface area contributed by atoms with Crippen LogP contribution in [0.2, 0.25) is 0 Å². The third-order valence-corrected chi connectivity index (χ3v) is 2.12. The van der Waals surface area contributed by atoms with Gasteiger partial charge in [0, 0.05) is 12.7 Å². The van der Waals surface area contributed by atoms with Gasteiger partial charge in [-0.2, -0.15) is 5.26 Å². The summed E-state index contributed by atoms with van der Waals surface area (Å²) in [4.78, 5) is 4.14. The number of rotatable bonds is 5. The third kappa shape index (κ3) is 3.52. The van der Waals surface area contributed by atoms with Gasteiger partial charge in [-0.1, -0.05) is 0 Å².